The Bertz CT molecular complexity index is 781. The largest absolute Gasteiger partial charge is 0.424 e. The first-order valence-corrected chi connectivity index (χ1v) is 7.72. The quantitative estimate of drug-likeness (QED) is 0.687. The molecule has 0 aliphatic heterocycles. The summed E-state index contributed by atoms with van der Waals surface area (Å²) in [5.41, 5.74) is -2.25. The van der Waals surface area contributed by atoms with E-state index in [0.29, 0.717) is 0 Å². The number of hydrogen-bond acceptors (Lipinski definition) is 3. The molecule has 1 aromatic heterocycles. The molecular weight excluding hydrogens is 400 g/mol. The minimum Gasteiger partial charge on any atom is -0.424 e. The third-order valence-electron chi connectivity index (χ3n) is 3.31. The topological polar surface area (TPSA) is 39.9 Å². The molecule has 1 heterocycles. The van der Waals surface area contributed by atoms with Crippen LogP contribution in [0.3, 0.4) is 0 Å². The summed E-state index contributed by atoms with van der Waals surface area (Å²) in [7, 11) is 40.4. The molecule has 0 aliphatic carbocycles. The highest BCUT2D eigenvalue weighted by Gasteiger charge is 2.47. The van der Waals surface area contributed by atoms with Crippen LogP contribution in [0.5, 0.6) is 11.8 Å². The highest BCUT2D eigenvalue weighted by Crippen LogP contribution is 2.48. The molecule has 0 bridgehead atoms. The van der Waals surface area contributed by atoms with Crippen LogP contribution in [0.25, 0.3) is 0 Å². The van der Waals surface area contributed by atoms with E-state index in [-0.39, 0.29) is 21.5 Å². The fourth-order valence-corrected chi connectivity index (χ4v) is 2.44. The minimum absolute atomic E-state index is 0.0130. The van der Waals surface area contributed by atoms with E-state index >= 15 is 0 Å². The Labute approximate surface area is 167 Å². The Balaban J connectivity index is 2.58. The van der Waals surface area contributed by atoms with Crippen molar-refractivity contribution in [1.82, 2.24) is 14.8 Å². The van der Waals surface area contributed by atoms with Crippen molar-refractivity contribution >= 4 is 82.5 Å². The summed E-state index contributed by atoms with van der Waals surface area (Å²) >= 11 is 8.75. The maximum Gasteiger partial charge on any atom is 0.321 e. The molecule has 0 aliphatic rings. The molecule has 0 unspecified atom stereocenters. The normalized spacial score (nSPS) is 12.9. The van der Waals surface area contributed by atoms with Crippen LogP contribution in [0, 0.1) is 5.82 Å². The molecule has 2 aromatic rings. The van der Waals surface area contributed by atoms with Gasteiger partial charge in [-0.15, -0.1) is 15.3 Å². The van der Waals surface area contributed by atoms with E-state index in [0.717, 1.165) is 10.7 Å². The van der Waals surface area contributed by atoms with Crippen molar-refractivity contribution in [2.24, 2.45) is 0 Å². The second kappa shape index (κ2) is 6.80. The Hall–Kier alpha value is -0.685. The molecule has 1 aromatic carbocycles. The Morgan fingerprint density at radius 3 is 2.12 bits per heavy atom. The Morgan fingerprint density at radius 2 is 1.64 bits per heavy atom. The van der Waals surface area contributed by atoms with E-state index < -0.39 is 21.5 Å². The average Bonchev–Trinajstić information content (AvgIpc) is 2.80. The molecule has 25 heavy (non-hydrogen) atoms. The molecule has 0 atom stereocenters. The van der Waals surface area contributed by atoms with E-state index in [1.54, 1.807) is 0 Å². The molecule has 0 amide bonds. The van der Waals surface area contributed by atoms with Gasteiger partial charge in [0.25, 0.3) is 0 Å². The van der Waals surface area contributed by atoms with Gasteiger partial charge in [-0.2, -0.15) is 4.98 Å². The van der Waals surface area contributed by atoms with Gasteiger partial charge >= 0.3 is 6.01 Å². The highest BCUT2D eigenvalue weighted by molar-refractivity contribution is 9.10. The predicted octanol–water partition coefficient (Wildman–Crippen LogP) is 0.605. The van der Waals surface area contributed by atoms with Crippen molar-refractivity contribution in [3.05, 3.63) is 33.8 Å². The van der Waals surface area contributed by atoms with Gasteiger partial charge in [0.05, 0.1) is 52.1 Å². The van der Waals surface area contributed by atoms with Crippen molar-refractivity contribution in [3.8, 4) is 11.8 Å². The van der Waals surface area contributed by atoms with Gasteiger partial charge in [-0.3, -0.25) is 0 Å². The first-order chi connectivity index (χ1) is 11.3. The number of benzene rings is 1. The van der Waals surface area contributed by atoms with Crippen LogP contribution in [-0.2, 0) is 5.44 Å². The van der Waals surface area contributed by atoms with Gasteiger partial charge in [0.1, 0.15) is 19.4 Å². The molecule has 0 saturated carbocycles. The SMILES string of the molecule is [B]C([B])([B])C([B])(n1nc(Br)nc1Oc1ccc(F)c(Cl)c1)C([B])([B])[B]. The van der Waals surface area contributed by atoms with Gasteiger partial charge < -0.3 is 4.74 Å². The van der Waals surface area contributed by atoms with Crippen LogP contribution in [0.15, 0.2) is 22.9 Å². The number of nitrogens with zero attached hydrogens (tertiary/aromatic N) is 3. The summed E-state index contributed by atoms with van der Waals surface area (Å²) in [6, 6.07) is 3.28. The lowest BCUT2D eigenvalue weighted by atomic mass is 9.18. The van der Waals surface area contributed by atoms with E-state index in [2.05, 4.69) is 26.0 Å². The number of aromatic nitrogens is 3. The average molecular weight is 403 g/mol. The summed E-state index contributed by atoms with van der Waals surface area (Å²) < 4.78 is 19.6. The lowest BCUT2D eigenvalue weighted by Crippen LogP contribution is -2.57. The molecular formula is C11H3B7BrClFN3O. The maximum atomic E-state index is 13.3. The van der Waals surface area contributed by atoms with Gasteiger partial charge in [0, 0.05) is 6.07 Å². The van der Waals surface area contributed by atoms with Crippen molar-refractivity contribution in [3.63, 3.8) is 0 Å². The van der Waals surface area contributed by atoms with Crippen molar-refractivity contribution in [2.75, 3.05) is 0 Å². The summed E-state index contributed by atoms with van der Waals surface area (Å²) in [6.07, 6.45) is 0. The van der Waals surface area contributed by atoms with Gasteiger partial charge in [-0.1, -0.05) is 11.6 Å². The van der Waals surface area contributed by atoms with Crippen LogP contribution in [0.2, 0.25) is 15.2 Å². The molecule has 0 fully saturated rings. The third kappa shape index (κ3) is 3.87. The van der Waals surface area contributed by atoms with Gasteiger partial charge in [-0.25, -0.2) is 9.07 Å². The Kier molecular flexibility index (Phi) is 5.61. The number of ether oxygens (including phenoxy) is 1. The zero-order valence-electron chi connectivity index (χ0n) is 12.7. The van der Waals surface area contributed by atoms with Gasteiger partial charge in [-0.05, 0) is 33.5 Å². The summed E-state index contributed by atoms with van der Waals surface area (Å²) in [5.74, 6) is -0.539. The summed E-state index contributed by atoms with van der Waals surface area (Å²) in [6.45, 7) is 0. The number of halogens is 3. The van der Waals surface area contributed by atoms with Gasteiger partial charge in [0.2, 0.25) is 4.73 Å². The monoisotopic (exact) mass is 403 g/mol. The number of hydrogen-bond donors (Lipinski definition) is 0. The summed E-state index contributed by atoms with van der Waals surface area (Å²) in [4.78, 5) is 3.95. The van der Waals surface area contributed by atoms with E-state index in [1.807, 2.05) is 0 Å². The zero-order chi connectivity index (χ0) is 19.2. The molecule has 0 saturated heterocycles. The second-order valence-electron chi connectivity index (χ2n) is 5.39. The van der Waals surface area contributed by atoms with Crippen LogP contribution in [-0.4, -0.2) is 69.7 Å². The first-order valence-electron chi connectivity index (χ1n) is 6.55. The predicted molar refractivity (Wildman–Crippen MR) is 103 cm³/mol. The van der Waals surface area contributed by atoms with Gasteiger partial charge in [0.15, 0.2) is 0 Å². The molecule has 4 nitrogen and oxygen atoms in total. The van der Waals surface area contributed by atoms with Crippen molar-refractivity contribution < 1.29 is 9.13 Å². The fourth-order valence-electron chi connectivity index (χ4n) is 1.96. The van der Waals surface area contributed by atoms with Crippen molar-refractivity contribution in [1.29, 1.82) is 0 Å². The molecule has 110 valence electrons. The number of rotatable bonds is 5. The third-order valence-corrected chi connectivity index (χ3v) is 3.93. The lowest BCUT2D eigenvalue weighted by Gasteiger charge is -2.54. The molecule has 14 heteroatoms. The molecule has 0 spiro atoms. The lowest BCUT2D eigenvalue weighted by molar-refractivity contribution is 0.317. The fraction of sp³-hybridized carbons (Fsp3) is 0.273. The molecule has 14 radical (unpaired) electrons. The first kappa shape index (κ1) is 20.6. The second-order valence-corrected chi connectivity index (χ2v) is 6.50. The van der Waals surface area contributed by atoms with E-state index in [1.165, 1.54) is 12.1 Å². The standard InChI is InChI=1S/C11H3B7BrClFN3O/c12-9(10(13,14)15,11(16,17)18)24-8(22-7(19)23-24)25-4-1-2-6(21)5(20)3-4/h1-3H. The highest BCUT2D eigenvalue weighted by atomic mass is 79.9. The van der Waals surface area contributed by atoms with Crippen LogP contribution >= 0.6 is 27.5 Å². The van der Waals surface area contributed by atoms with Crippen LogP contribution in [0.1, 0.15) is 0 Å². The zero-order valence-corrected chi connectivity index (χ0v) is 15.0. The van der Waals surface area contributed by atoms with Crippen LogP contribution < -0.4 is 4.74 Å². The molecule has 0 N–H and O–H groups in total. The van der Waals surface area contributed by atoms with E-state index in [4.69, 9.17) is 71.3 Å². The smallest absolute Gasteiger partial charge is 0.321 e. The maximum absolute atomic E-state index is 13.3. The summed E-state index contributed by atoms with van der Waals surface area (Å²) in [5, 5.41) is -0.723. The Morgan fingerprint density at radius 1 is 1.08 bits per heavy atom. The van der Waals surface area contributed by atoms with Crippen molar-refractivity contribution in [2.45, 2.75) is 15.7 Å². The molecule has 2 rings (SSSR count). The van der Waals surface area contributed by atoms with E-state index in [9.17, 15) is 4.39 Å². The van der Waals surface area contributed by atoms with Crippen LogP contribution in [0.4, 0.5) is 4.39 Å². The minimum atomic E-state index is -2.25.